The molecule has 1 aliphatic rings. The normalized spacial score (nSPS) is 16.6. The van der Waals surface area contributed by atoms with Crippen molar-refractivity contribution in [1.29, 1.82) is 0 Å². The van der Waals surface area contributed by atoms with Crippen LogP contribution in [0, 0.1) is 6.92 Å². The van der Waals surface area contributed by atoms with E-state index in [2.05, 4.69) is 0 Å². The van der Waals surface area contributed by atoms with Crippen LogP contribution in [0.5, 0.6) is 23.0 Å². The van der Waals surface area contributed by atoms with Crippen LogP contribution in [0.1, 0.15) is 22.7 Å². The predicted octanol–water partition coefficient (Wildman–Crippen LogP) is 5.31. The molecule has 0 bridgehead atoms. The first-order chi connectivity index (χ1) is 17.8. The lowest BCUT2D eigenvalue weighted by Gasteiger charge is -2.27. The minimum Gasteiger partial charge on any atom is -0.507 e. The smallest absolute Gasteiger partial charge is 0.300 e. The lowest BCUT2D eigenvalue weighted by Crippen LogP contribution is -2.30. The van der Waals surface area contributed by atoms with E-state index in [4.69, 9.17) is 30.5 Å². The number of hydrogen-bond donors (Lipinski definition) is 1. The van der Waals surface area contributed by atoms with E-state index in [9.17, 15) is 14.7 Å². The van der Waals surface area contributed by atoms with Crippen molar-refractivity contribution in [1.82, 2.24) is 0 Å². The molecule has 0 radical (unpaired) electrons. The number of anilines is 1. The van der Waals surface area contributed by atoms with Crippen molar-refractivity contribution in [2.24, 2.45) is 0 Å². The number of methoxy groups -OCH3 is 4. The summed E-state index contributed by atoms with van der Waals surface area (Å²) < 4.78 is 21.8. The average molecular weight is 524 g/mol. The Morgan fingerprint density at radius 3 is 2.05 bits per heavy atom. The van der Waals surface area contributed by atoms with E-state index in [1.807, 2.05) is 19.1 Å². The molecule has 4 rings (SSSR count). The second-order valence-electron chi connectivity index (χ2n) is 8.26. The van der Waals surface area contributed by atoms with Gasteiger partial charge in [-0.25, -0.2) is 0 Å². The van der Waals surface area contributed by atoms with Gasteiger partial charge in [0.25, 0.3) is 11.7 Å². The van der Waals surface area contributed by atoms with Crippen molar-refractivity contribution in [2.45, 2.75) is 13.0 Å². The van der Waals surface area contributed by atoms with Crippen LogP contribution in [0.25, 0.3) is 5.76 Å². The third-order valence-electron chi connectivity index (χ3n) is 6.25. The monoisotopic (exact) mass is 523 g/mol. The molecule has 1 heterocycles. The molecule has 8 nitrogen and oxygen atoms in total. The fourth-order valence-corrected chi connectivity index (χ4v) is 4.65. The number of hydrogen-bond acceptors (Lipinski definition) is 7. The summed E-state index contributed by atoms with van der Waals surface area (Å²) in [6.45, 7) is 1.84. The zero-order chi connectivity index (χ0) is 26.9. The summed E-state index contributed by atoms with van der Waals surface area (Å²) in [5.74, 6) is -0.667. The Labute approximate surface area is 219 Å². The quantitative estimate of drug-likeness (QED) is 0.255. The number of para-hydroxylation sites is 1. The van der Waals surface area contributed by atoms with Gasteiger partial charge in [0.2, 0.25) is 5.75 Å². The maximum absolute atomic E-state index is 13.5. The lowest BCUT2D eigenvalue weighted by atomic mass is 9.94. The van der Waals surface area contributed by atoms with Crippen molar-refractivity contribution in [3.8, 4) is 23.0 Å². The largest absolute Gasteiger partial charge is 0.507 e. The summed E-state index contributed by atoms with van der Waals surface area (Å²) in [4.78, 5) is 28.4. The van der Waals surface area contributed by atoms with Gasteiger partial charge in [-0.15, -0.1) is 0 Å². The molecule has 0 spiro atoms. The first kappa shape index (κ1) is 25.9. The molecule has 1 unspecified atom stereocenters. The molecule has 0 aliphatic carbocycles. The summed E-state index contributed by atoms with van der Waals surface area (Å²) in [5.41, 5.74) is 1.93. The maximum Gasteiger partial charge on any atom is 0.300 e. The van der Waals surface area contributed by atoms with Crippen LogP contribution in [-0.2, 0) is 9.59 Å². The fourth-order valence-electron chi connectivity index (χ4n) is 4.45. The summed E-state index contributed by atoms with van der Waals surface area (Å²) in [6, 6.07) is 14.1. The highest BCUT2D eigenvalue weighted by molar-refractivity contribution is 6.51. The number of ketones is 1. The molecule has 1 atom stereocenters. The van der Waals surface area contributed by atoms with E-state index < -0.39 is 17.7 Å². The number of rotatable bonds is 7. The van der Waals surface area contributed by atoms with E-state index >= 15 is 0 Å². The SMILES string of the molecule is COc1cc(/C(O)=C2\C(=O)C(=O)N(c3ccccc3C)C2c2cc(OC)c(OC)c(OC)c2)ccc1Cl. The Bertz CT molecular complexity index is 1390. The number of carbonyl (C=O) groups excluding carboxylic acids is 2. The number of amides is 1. The van der Waals surface area contributed by atoms with Crippen molar-refractivity contribution in [3.05, 3.63) is 81.9 Å². The number of ether oxygens (including phenoxy) is 4. The van der Waals surface area contributed by atoms with Crippen molar-refractivity contribution in [2.75, 3.05) is 33.3 Å². The van der Waals surface area contributed by atoms with Crippen LogP contribution in [0.15, 0.2) is 60.2 Å². The molecule has 192 valence electrons. The highest BCUT2D eigenvalue weighted by Crippen LogP contribution is 2.47. The number of carbonyl (C=O) groups is 2. The molecule has 3 aromatic rings. The molecule has 9 heteroatoms. The number of nitrogens with zero attached hydrogens (tertiary/aromatic N) is 1. The number of aliphatic hydroxyl groups excluding tert-OH is 1. The first-order valence-corrected chi connectivity index (χ1v) is 11.7. The highest BCUT2D eigenvalue weighted by atomic mass is 35.5. The molecule has 1 saturated heterocycles. The van der Waals surface area contributed by atoms with Crippen LogP contribution >= 0.6 is 11.6 Å². The summed E-state index contributed by atoms with van der Waals surface area (Å²) in [5, 5.41) is 11.8. The third-order valence-corrected chi connectivity index (χ3v) is 6.56. The maximum atomic E-state index is 13.5. The predicted molar refractivity (Wildman–Crippen MR) is 140 cm³/mol. The Kier molecular flexibility index (Phi) is 7.31. The molecular formula is C28H26ClNO7. The zero-order valence-electron chi connectivity index (χ0n) is 21.0. The van der Waals surface area contributed by atoms with E-state index in [1.165, 1.54) is 39.4 Å². The van der Waals surface area contributed by atoms with Gasteiger partial charge in [-0.3, -0.25) is 14.5 Å². The molecule has 3 aromatic carbocycles. The number of aryl methyl sites for hydroxylation is 1. The van der Waals surface area contributed by atoms with E-state index in [0.717, 1.165) is 5.56 Å². The second-order valence-corrected chi connectivity index (χ2v) is 8.67. The van der Waals surface area contributed by atoms with Gasteiger partial charge in [0, 0.05) is 11.3 Å². The van der Waals surface area contributed by atoms with Gasteiger partial charge < -0.3 is 24.1 Å². The van der Waals surface area contributed by atoms with Gasteiger partial charge in [-0.1, -0.05) is 29.8 Å². The van der Waals surface area contributed by atoms with Crippen LogP contribution in [0.4, 0.5) is 5.69 Å². The van der Waals surface area contributed by atoms with E-state index in [-0.39, 0.29) is 16.9 Å². The second kappa shape index (κ2) is 10.4. The average Bonchev–Trinajstić information content (AvgIpc) is 3.17. The number of halogens is 1. The zero-order valence-corrected chi connectivity index (χ0v) is 21.8. The Hall–Kier alpha value is -4.17. The third kappa shape index (κ3) is 4.44. The molecular weight excluding hydrogens is 498 g/mol. The topological polar surface area (TPSA) is 94.5 Å². The summed E-state index contributed by atoms with van der Waals surface area (Å²) in [7, 11) is 5.87. The molecule has 0 saturated carbocycles. The van der Waals surface area contributed by atoms with Crippen LogP contribution in [0.3, 0.4) is 0 Å². The van der Waals surface area contributed by atoms with Crippen molar-refractivity contribution < 1.29 is 33.6 Å². The van der Waals surface area contributed by atoms with Gasteiger partial charge in [0.05, 0.1) is 45.1 Å². The number of aliphatic hydroxyl groups is 1. The molecule has 37 heavy (non-hydrogen) atoms. The van der Waals surface area contributed by atoms with Crippen molar-refractivity contribution >= 4 is 34.7 Å². The van der Waals surface area contributed by atoms with Crippen LogP contribution in [0.2, 0.25) is 5.02 Å². The highest BCUT2D eigenvalue weighted by Gasteiger charge is 2.48. The number of Topliss-reactive ketones (excluding diaryl/α,β-unsaturated/α-hetero) is 1. The van der Waals surface area contributed by atoms with Crippen molar-refractivity contribution in [3.63, 3.8) is 0 Å². The van der Waals surface area contributed by atoms with E-state index in [0.29, 0.717) is 39.3 Å². The fraction of sp³-hybridized carbons (Fsp3) is 0.214. The Morgan fingerprint density at radius 1 is 0.865 bits per heavy atom. The minimum absolute atomic E-state index is 0.105. The standard InChI is InChI=1S/C28H26ClNO7/c1-15-8-6-7-9-19(15)30-24(17-13-21(35-3)27(37-5)22(14-17)36-4)23(26(32)28(30)33)25(31)16-10-11-18(29)20(12-16)34-2/h6-14,24,31H,1-5H3/b25-23+. The molecule has 0 aromatic heterocycles. The van der Waals surface area contributed by atoms with Gasteiger partial charge in [0.1, 0.15) is 11.5 Å². The van der Waals surface area contributed by atoms with Crippen LogP contribution < -0.4 is 23.8 Å². The van der Waals surface area contributed by atoms with Gasteiger partial charge >= 0.3 is 0 Å². The van der Waals surface area contributed by atoms with Gasteiger partial charge in [0.15, 0.2) is 11.5 Å². The Balaban J connectivity index is 2.04. The number of benzene rings is 3. The van der Waals surface area contributed by atoms with E-state index in [1.54, 1.807) is 36.4 Å². The van der Waals surface area contributed by atoms with Gasteiger partial charge in [-0.2, -0.15) is 0 Å². The Morgan fingerprint density at radius 2 is 1.49 bits per heavy atom. The molecule has 1 aliphatic heterocycles. The minimum atomic E-state index is -1.00. The first-order valence-electron chi connectivity index (χ1n) is 11.3. The summed E-state index contributed by atoms with van der Waals surface area (Å²) in [6.07, 6.45) is 0. The molecule has 1 fully saturated rings. The summed E-state index contributed by atoms with van der Waals surface area (Å²) >= 11 is 6.16. The lowest BCUT2D eigenvalue weighted by molar-refractivity contribution is -0.132. The van der Waals surface area contributed by atoms with Crippen LogP contribution in [-0.4, -0.2) is 45.2 Å². The molecule has 1 amide bonds. The van der Waals surface area contributed by atoms with Gasteiger partial charge in [-0.05, 0) is 54.4 Å². The molecule has 1 N–H and O–H groups in total.